The lowest BCUT2D eigenvalue weighted by Crippen LogP contribution is -2.27. The zero-order valence-electron chi connectivity index (χ0n) is 19.1. The molecule has 4 aromatic rings. The standard InChI is InChI=1S/C25H23FN4O4S/c1-17-5-3-6-20(13-17)28-24(31)23-22(14-27-25(29-23)35(2,32)33)30(16-21-7-4-12-34-21)15-18-8-10-19(26)11-9-18/h3-14H,15-16H2,1-2H3,(H,28,31). The number of nitrogens with zero attached hydrogens (tertiary/aromatic N) is 3. The van der Waals surface area contributed by atoms with Crippen LogP contribution < -0.4 is 10.2 Å². The first-order chi connectivity index (χ1) is 16.7. The Morgan fingerprint density at radius 3 is 2.51 bits per heavy atom. The third kappa shape index (κ3) is 6.10. The summed E-state index contributed by atoms with van der Waals surface area (Å²) in [7, 11) is -3.78. The molecule has 0 aliphatic rings. The van der Waals surface area contributed by atoms with E-state index in [1.165, 1.54) is 24.6 Å². The van der Waals surface area contributed by atoms with Crippen LogP contribution in [0.3, 0.4) is 0 Å². The number of sulfone groups is 1. The van der Waals surface area contributed by atoms with Crippen LogP contribution in [0.1, 0.15) is 27.4 Å². The molecule has 2 aromatic heterocycles. The molecule has 2 heterocycles. The first kappa shape index (κ1) is 24.1. The Kier molecular flexibility index (Phi) is 6.92. The molecule has 10 heteroatoms. The number of hydrogen-bond donors (Lipinski definition) is 1. The van der Waals surface area contributed by atoms with E-state index in [-0.39, 0.29) is 24.6 Å². The van der Waals surface area contributed by atoms with Gasteiger partial charge in [-0.3, -0.25) is 4.79 Å². The number of carbonyl (C=O) groups excluding carboxylic acids is 1. The summed E-state index contributed by atoms with van der Waals surface area (Å²) in [6.45, 7) is 2.38. The van der Waals surface area contributed by atoms with Crippen molar-refractivity contribution in [2.75, 3.05) is 16.5 Å². The number of halogens is 1. The molecule has 0 saturated heterocycles. The second-order valence-corrected chi connectivity index (χ2v) is 9.95. The molecule has 1 N–H and O–H groups in total. The maximum absolute atomic E-state index is 13.5. The van der Waals surface area contributed by atoms with Crippen LogP contribution in [0, 0.1) is 12.7 Å². The van der Waals surface area contributed by atoms with Gasteiger partial charge in [0.15, 0.2) is 5.69 Å². The molecular weight excluding hydrogens is 471 g/mol. The Morgan fingerprint density at radius 1 is 1.09 bits per heavy atom. The fourth-order valence-electron chi connectivity index (χ4n) is 3.48. The van der Waals surface area contributed by atoms with Crippen molar-refractivity contribution in [2.45, 2.75) is 25.2 Å². The Bertz CT molecular complexity index is 1440. The maximum Gasteiger partial charge on any atom is 0.276 e. The highest BCUT2D eigenvalue weighted by Crippen LogP contribution is 2.25. The molecule has 0 radical (unpaired) electrons. The lowest BCUT2D eigenvalue weighted by molar-refractivity contribution is 0.102. The van der Waals surface area contributed by atoms with Gasteiger partial charge >= 0.3 is 0 Å². The SMILES string of the molecule is Cc1cccc(NC(=O)c2nc(S(C)(=O)=O)ncc2N(Cc2ccc(F)cc2)Cc2ccco2)c1. The van der Waals surface area contributed by atoms with Gasteiger partial charge in [0.05, 0.1) is 24.7 Å². The van der Waals surface area contributed by atoms with Crippen LogP contribution in [0.4, 0.5) is 15.8 Å². The van der Waals surface area contributed by atoms with Crippen molar-refractivity contribution in [3.8, 4) is 0 Å². The van der Waals surface area contributed by atoms with Crippen LogP contribution in [0.2, 0.25) is 0 Å². The first-order valence-corrected chi connectivity index (χ1v) is 12.5. The summed E-state index contributed by atoms with van der Waals surface area (Å²) < 4.78 is 43.2. The number of aromatic nitrogens is 2. The molecule has 0 atom stereocenters. The summed E-state index contributed by atoms with van der Waals surface area (Å²) in [5.74, 6) is -0.365. The number of nitrogens with one attached hydrogen (secondary N) is 1. The third-order valence-electron chi connectivity index (χ3n) is 5.12. The molecule has 0 saturated carbocycles. The average molecular weight is 495 g/mol. The Morgan fingerprint density at radius 2 is 1.86 bits per heavy atom. The predicted octanol–water partition coefficient (Wildman–Crippen LogP) is 4.38. The van der Waals surface area contributed by atoms with Crippen molar-refractivity contribution in [2.24, 2.45) is 0 Å². The molecule has 2 aromatic carbocycles. The Hall–Kier alpha value is -4.05. The first-order valence-electron chi connectivity index (χ1n) is 10.7. The van der Waals surface area contributed by atoms with Crippen molar-refractivity contribution < 1.29 is 22.0 Å². The monoisotopic (exact) mass is 494 g/mol. The maximum atomic E-state index is 13.5. The number of rotatable bonds is 8. The van der Waals surface area contributed by atoms with E-state index in [2.05, 4.69) is 15.3 Å². The van der Waals surface area contributed by atoms with E-state index >= 15 is 0 Å². The number of carbonyl (C=O) groups is 1. The average Bonchev–Trinajstić information content (AvgIpc) is 3.32. The van der Waals surface area contributed by atoms with Gasteiger partial charge in [0.25, 0.3) is 5.91 Å². The Labute approximate surface area is 202 Å². The van der Waals surface area contributed by atoms with E-state index in [9.17, 15) is 17.6 Å². The van der Waals surface area contributed by atoms with Gasteiger partial charge < -0.3 is 14.6 Å². The fraction of sp³-hybridized carbons (Fsp3) is 0.160. The lowest BCUT2D eigenvalue weighted by atomic mass is 10.1. The minimum absolute atomic E-state index is 0.115. The quantitative estimate of drug-likeness (QED) is 0.362. The van der Waals surface area contributed by atoms with Crippen LogP contribution >= 0.6 is 0 Å². The van der Waals surface area contributed by atoms with Crippen LogP contribution in [-0.4, -0.2) is 30.5 Å². The molecule has 35 heavy (non-hydrogen) atoms. The minimum atomic E-state index is -3.78. The second-order valence-electron chi connectivity index (χ2n) is 8.04. The zero-order chi connectivity index (χ0) is 25.0. The molecule has 0 unspecified atom stereocenters. The van der Waals surface area contributed by atoms with E-state index in [0.717, 1.165) is 17.4 Å². The second kappa shape index (κ2) is 10.1. The van der Waals surface area contributed by atoms with E-state index in [4.69, 9.17) is 4.42 Å². The van der Waals surface area contributed by atoms with Gasteiger partial charge in [-0.2, -0.15) is 0 Å². The van der Waals surface area contributed by atoms with Gasteiger partial charge in [-0.1, -0.05) is 24.3 Å². The molecule has 0 aliphatic carbocycles. The molecule has 8 nitrogen and oxygen atoms in total. The van der Waals surface area contributed by atoms with Crippen LogP contribution in [0.25, 0.3) is 0 Å². The van der Waals surface area contributed by atoms with Crippen LogP contribution in [0.5, 0.6) is 0 Å². The van der Waals surface area contributed by atoms with Gasteiger partial charge in [-0.25, -0.2) is 22.8 Å². The molecule has 0 spiro atoms. The molecule has 0 bridgehead atoms. The van der Waals surface area contributed by atoms with Gasteiger partial charge in [-0.05, 0) is 54.4 Å². The summed E-state index contributed by atoms with van der Waals surface area (Å²) in [5, 5.41) is 2.32. The van der Waals surface area contributed by atoms with E-state index in [1.807, 2.05) is 13.0 Å². The predicted molar refractivity (Wildman–Crippen MR) is 129 cm³/mol. The zero-order valence-corrected chi connectivity index (χ0v) is 19.9. The summed E-state index contributed by atoms with van der Waals surface area (Å²) in [4.78, 5) is 23.2. The number of amides is 1. The highest BCUT2D eigenvalue weighted by molar-refractivity contribution is 7.90. The third-order valence-corrected chi connectivity index (χ3v) is 5.98. The molecule has 0 aliphatic heterocycles. The van der Waals surface area contributed by atoms with Crippen LogP contribution in [0.15, 0.2) is 82.7 Å². The molecule has 0 fully saturated rings. The lowest BCUT2D eigenvalue weighted by Gasteiger charge is -2.25. The summed E-state index contributed by atoms with van der Waals surface area (Å²) >= 11 is 0. The van der Waals surface area contributed by atoms with E-state index in [0.29, 0.717) is 17.1 Å². The van der Waals surface area contributed by atoms with Gasteiger partial charge in [-0.15, -0.1) is 0 Å². The topological polar surface area (TPSA) is 105 Å². The minimum Gasteiger partial charge on any atom is -0.467 e. The molecule has 180 valence electrons. The van der Waals surface area contributed by atoms with E-state index in [1.54, 1.807) is 47.4 Å². The van der Waals surface area contributed by atoms with E-state index < -0.39 is 20.9 Å². The summed E-state index contributed by atoms with van der Waals surface area (Å²) in [6, 6.07) is 16.6. The number of anilines is 2. The molecular formula is C25H23FN4O4S. The number of hydrogen-bond acceptors (Lipinski definition) is 7. The van der Waals surface area contributed by atoms with Crippen molar-refractivity contribution >= 4 is 27.1 Å². The highest BCUT2D eigenvalue weighted by atomic mass is 32.2. The molecule has 4 rings (SSSR count). The number of aryl methyl sites for hydroxylation is 1. The van der Waals surface area contributed by atoms with Crippen LogP contribution in [-0.2, 0) is 22.9 Å². The van der Waals surface area contributed by atoms with Crippen molar-refractivity contribution in [1.29, 1.82) is 0 Å². The molecule has 1 amide bonds. The smallest absolute Gasteiger partial charge is 0.276 e. The largest absolute Gasteiger partial charge is 0.467 e. The van der Waals surface area contributed by atoms with Crippen molar-refractivity contribution in [1.82, 2.24) is 9.97 Å². The Balaban J connectivity index is 1.78. The summed E-state index contributed by atoms with van der Waals surface area (Å²) in [6.07, 6.45) is 3.81. The van der Waals surface area contributed by atoms with Gasteiger partial charge in [0, 0.05) is 18.5 Å². The highest BCUT2D eigenvalue weighted by Gasteiger charge is 2.24. The normalized spacial score (nSPS) is 11.3. The van der Waals surface area contributed by atoms with Gasteiger partial charge in [0.2, 0.25) is 15.0 Å². The van der Waals surface area contributed by atoms with Crippen molar-refractivity contribution in [3.05, 3.63) is 102 Å². The number of furan rings is 1. The summed E-state index contributed by atoms with van der Waals surface area (Å²) in [5.41, 5.74) is 2.42. The number of benzene rings is 2. The van der Waals surface area contributed by atoms with Gasteiger partial charge in [0.1, 0.15) is 11.6 Å². The van der Waals surface area contributed by atoms with Crippen molar-refractivity contribution in [3.63, 3.8) is 0 Å². The fourth-order valence-corrected chi connectivity index (χ4v) is 3.98.